The maximum atomic E-state index is 12.8. The minimum Gasteiger partial charge on any atom is -0.778 e. The lowest BCUT2D eigenvalue weighted by Gasteiger charge is -2.31. The molecule has 0 heterocycles. The van der Waals surface area contributed by atoms with Crippen molar-refractivity contribution in [2.75, 3.05) is 40.5 Å². The summed E-state index contributed by atoms with van der Waals surface area (Å²) in [5, 5.41) is 13.8. The van der Waals surface area contributed by atoms with Crippen molar-refractivity contribution in [3.8, 4) is 0 Å². The number of nitrogens with one attached hydrogen (secondary N) is 1. The van der Waals surface area contributed by atoms with Crippen LogP contribution in [0, 0.1) is 0 Å². The van der Waals surface area contributed by atoms with Gasteiger partial charge in [0.25, 0.3) is 0 Å². The van der Waals surface area contributed by atoms with E-state index in [1.54, 1.807) is 6.08 Å². The van der Waals surface area contributed by atoms with Gasteiger partial charge in [-0.25, -0.2) is 0 Å². The molecule has 0 aromatic carbocycles. The van der Waals surface area contributed by atoms with E-state index in [0.29, 0.717) is 17.4 Å². The minimum absolute atomic E-state index is 0.0823. The molecular weight excluding hydrogens is 631 g/mol. The van der Waals surface area contributed by atoms with Gasteiger partial charge in [0.05, 0.1) is 52.6 Å². The zero-order valence-corrected chi connectivity index (χ0v) is 34.1. The quantitative estimate of drug-likeness (QED) is 0.0289. The van der Waals surface area contributed by atoms with E-state index in [-0.39, 0.29) is 18.7 Å². The maximum absolute atomic E-state index is 12.8. The van der Waals surface area contributed by atoms with Crippen molar-refractivity contribution in [2.45, 2.75) is 206 Å². The van der Waals surface area contributed by atoms with E-state index >= 15 is 0 Å². The number of amides is 1. The highest BCUT2D eigenvalue weighted by atomic mass is 31.2. The van der Waals surface area contributed by atoms with Gasteiger partial charge in [-0.1, -0.05) is 180 Å². The van der Waals surface area contributed by atoms with Crippen LogP contribution in [0.1, 0.15) is 194 Å². The Bertz CT molecular complexity index is 816. The molecule has 0 aromatic rings. The molecule has 292 valence electrons. The van der Waals surface area contributed by atoms with Crippen LogP contribution < -0.4 is 10.2 Å². The second-order valence-electron chi connectivity index (χ2n) is 15.8. The number of rotatable bonds is 37. The maximum Gasteiger partial charge on any atom is 0.220 e. The number of aliphatic hydroxyl groups is 1. The first-order valence-corrected chi connectivity index (χ1v) is 22.6. The molecule has 0 rings (SSSR count). The fourth-order valence-corrected chi connectivity index (χ4v) is 7.50. The van der Waals surface area contributed by atoms with Gasteiger partial charge >= 0.3 is 0 Å². The normalized spacial score (nSPS) is 14.7. The molecular formula is C41H83N2O5P. The summed E-state index contributed by atoms with van der Waals surface area (Å²) >= 11 is 0. The Kier molecular flexibility index (Phi) is 32.7. The van der Waals surface area contributed by atoms with Crippen molar-refractivity contribution in [2.24, 2.45) is 0 Å². The summed E-state index contributed by atoms with van der Waals surface area (Å²) in [5.74, 6) is -0.159. The van der Waals surface area contributed by atoms with Crippen LogP contribution in [0.4, 0.5) is 0 Å². The van der Waals surface area contributed by atoms with E-state index in [0.717, 1.165) is 32.1 Å². The second kappa shape index (κ2) is 33.1. The van der Waals surface area contributed by atoms with E-state index < -0.39 is 19.7 Å². The third kappa shape index (κ3) is 35.5. The average Bonchev–Trinajstić information content (AvgIpc) is 3.05. The number of aliphatic hydroxyl groups excluding tert-OH is 1. The molecule has 0 aliphatic heterocycles. The Morgan fingerprint density at radius 1 is 0.694 bits per heavy atom. The molecule has 3 atom stereocenters. The summed E-state index contributed by atoms with van der Waals surface area (Å²) in [4.78, 5) is 25.4. The first-order valence-electron chi connectivity index (χ1n) is 20.9. The van der Waals surface area contributed by atoms with Crippen molar-refractivity contribution in [1.82, 2.24) is 5.32 Å². The zero-order chi connectivity index (χ0) is 36.5. The van der Waals surface area contributed by atoms with E-state index in [9.17, 15) is 19.4 Å². The first kappa shape index (κ1) is 48.3. The molecule has 0 spiro atoms. The molecule has 0 saturated carbocycles. The Morgan fingerprint density at radius 2 is 1.08 bits per heavy atom. The lowest BCUT2D eigenvalue weighted by molar-refractivity contribution is -0.868. The number of hydrogen-bond acceptors (Lipinski definition) is 5. The second-order valence-corrected chi connectivity index (χ2v) is 17.7. The standard InChI is InChI=1S/C41H83N2O5P/c1-6-8-10-12-14-16-18-20-21-23-25-27-29-31-33-35-41(45)42-39(38-48-49(46,47)37-36-43(3,4)5)40(44)34-32-30-28-26-24-22-19-17-15-13-11-9-7-2/h32,34,39-40,44H,6-31,33,35-38H2,1-5H3,(H-,42,45,46,47)/b34-32+/t39-,40+/m0/s1. The SMILES string of the molecule is CCCCCCCCCCCCC/C=C/[C@@H](O)[C@H](COP(=O)([O-])CC[N+](C)(C)C)NC(=O)CCCCCCCCCCCCCCCCC. The van der Waals surface area contributed by atoms with Crippen molar-refractivity contribution in [3.05, 3.63) is 12.2 Å². The van der Waals surface area contributed by atoms with E-state index in [4.69, 9.17) is 4.52 Å². The van der Waals surface area contributed by atoms with E-state index in [1.165, 1.54) is 141 Å². The van der Waals surface area contributed by atoms with Crippen molar-refractivity contribution in [1.29, 1.82) is 0 Å². The third-order valence-corrected chi connectivity index (χ3v) is 10.9. The fourth-order valence-electron chi connectivity index (χ4n) is 6.14. The minimum atomic E-state index is -4.09. The van der Waals surface area contributed by atoms with Gasteiger partial charge in [-0.05, 0) is 19.3 Å². The lowest BCUT2D eigenvalue weighted by atomic mass is 10.0. The lowest BCUT2D eigenvalue weighted by Crippen LogP contribution is -2.46. The predicted molar refractivity (Wildman–Crippen MR) is 209 cm³/mol. The number of carbonyl (C=O) groups excluding carboxylic acids is 1. The van der Waals surface area contributed by atoms with Crippen LogP contribution in [-0.4, -0.2) is 68.1 Å². The molecule has 8 heteroatoms. The van der Waals surface area contributed by atoms with Crippen molar-refractivity contribution >= 4 is 13.5 Å². The van der Waals surface area contributed by atoms with Gasteiger partial charge in [-0.3, -0.25) is 4.79 Å². The molecule has 1 amide bonds. The van der Waals surface area contributed by atoms with Crippen LogP contribution in [0.3, 0.4) is 0 Å². The number of unbranched alkanes of at least 4 members (excludes halogenated alkanes) is 25. The molecule has 2 N–H and O–H groups in total. The highest BCUT2D eigenvalue weighted by molar-refractivity contribution is 7.51. The van der Waals surface area contributed by atoms with Crippen LogP contribution in [-0.2, 0) is 13.9 Å². The van der Waals surface area contributed by atoms with Crippen LogP contribution in [0.15, 0.2) is 12.2 Å². The Labute approximate surface area is 304 Å². The average molecular weight is 715 g/mol. The first-order chi connectivity index (χ1) is 23.5. The molecule has 49 heavy (non-hydrogen) atoms. The fraction of sp³-hybridized carbons (Fsp3) is 0.927. The topological polar surface area (TPSA) is 98.7 Å². The molecule has 0 fully saturated rings. The molecule has 0 bridgehead atoms. The van der Waals surface area contributed by atoms with Gasteiger partial charge in [-0.15, -0.1) is 0 Å². The predicted octanol–water partition coefficient (Wildman–Crippen LogP) is 10.6. The van der Waals surface area contributed by atoms with Gasteiger partial charge in [0.15, 0.2) is 0 Å². The third-order valence-electron chi connectivity index (χ3n) is 9.57. The summed E-state index contributed by atoms with van der Waals surface area (Å²) in [6.07, 6.45) is 37.1. The molecule has 7 nitrogen and oxygen atoms in total. The molecule has 0 aliphatic carbocycles. The summed E-state index contributed by atoms with van der Waals surface area (Å²) in [6.45, 7) is 4.69. The van der Waals surface area contributed by atoms with Crippen LogP contribution >= 0.6 is 7.60 Å². The van der Waals surface area contributed by atoms with Crippen LogP contribution in [0.2, 0.25) is 0 Å². The summed E-state index contributed by atoms with van der Waals surface area (Å²) < 4.78 is 18.4. The summed E-state index contributed by atoms with van der Waals surface area (Å²) in [6, 6.07) is -0.802. The van der Waals surface area contributed by atoms with Gasteiger partial charge in [0.1, 0.15) is 7.60 Å². The van der Waals surface area contributed by atoms with E-state index in [2.05, 4.69) is 19.2 Å². The number of hydrogen-bond donors (Lipinski definition) is 2. The van der Waals surface area contributed by atoms with Gasteiger partial charge in [-0.2, -0.15) is 0 Å². The smallest absolute Gasteiger partial charge is 0.220 e. The van der Waals surface area contributed by atoms with Gasteiger partial charge < -0.3 is 28.9 Å². The highest BCUT2D eigenvalue weighted by Crippen LogP contribution is 2.37. The summed E-state index contributed by atoms with van der Waals surface area (Å²) in [5.41, 5.74) is 0. The number of carbonyl (C=O) groups is 1. The Morgan fingerprint density at radius 3 is 1.49 bits per heavy atom. The monoisotopic (exact) mass is 715 g/mol. The molecule has 0 aromatic heterocycles. The van der Waals surface area contributed by atoms with Gasteiger partial charge in [0.2, 0.25) is 5.91 Å². The van der Waals surface area contributed by atoms with Crippen LogP contribution in [0.5, 0.6) is 0 Å². The van der Waals surface area contributed by atoms with Crippen molar-refractivity contribution < 1.29 is 28.4 Å². The Balaban J connectivity index is 4.41. The largest absolute Gasteiger partial charge is 0.778 e. The Hall–Kier alpha value is -0.720. The van der Waals surface area contributed by atoms with Crippen molar-refractivity contribution in [3.63, 3.8) is 0 Å². The molecule has 1 unspecified atom stereocenters. The molecule has 0 radical (unpaired) electrons. The molecule has 0 saturated heterocycles. The van der Waals surface area contributed by atoms with E-state index in [1.807, 2.05) is 27.2 Å². The number of allylic oxidation sites excluding steroid dienone is 1. The molecule has 0 aliphatic rings. The van der Waals surface area contributed by atoms with Gasteiger partial charge in [0, 0.05) is 6.42 Å². The zero-order valence-electron chi connectivity index (χ0n) is 33.2. The summed E-state index contributed by atoms with van der Waals surface area (Å²) in [7, 11) is 1.72. The number of nitrogens with zero attached hydrogens (tertiary/aromatic N) is 1. The number of quaternary nitrogens is 1. The van der Waals surface area contributed by atoms with Crippen LogP contribution in [0.25, 0.3) is 0 Å². The highest BCUT2D eigenvalue weighted by Gasteiger charge is 2.23.